The van der Waals surface area contributed by atoms with Crippen LogP contribution in [0.4, 0.5) is 0 Å². The van der Waals surface area contributed by atoms with E-state index in [1.807, 2.05) is 0 Å². The Morgan fingerprint density at radius 1 is 1.26 bits per heavy atom. The lowest BCUT2D eigenvalue weighted by atomic mass is 10.3. The second-order valence-corrected chi connectivity index (χ2v) is 7.40. The minimum atomic E-state index is -3.75. The van der Waals surface area contributed by atoms with Crippen molar-refractivity contribution >= 4 is 31.3 Å². The van der Waals surface area contributed by atoms with Gasteiger partial charge in [0.25, 0.3) is 9.05 Å². The van der Waals surface area contributed by atoms with Gasteiger partial charge >= 0.3 is 0 Å². The van der Waals surface area contributed by atoms with Crippen LogP contribution in [-0.4, -0.2) is 39.6 Å². The molecule has 7 heteroatoms. The van der Waals surface area contributed by atoms with E-state index >= 15 is 0 Å². The molecule has 4 nitrogen and oxygen atoms in total. The van der Waals surface area contributed by atoms with E-state index in [1.165, 1.54) is 31.0 Å². The predicted molar refractivity (Wildman–Crippen MR) is 75.7 cm³/mol. The SMILES string of the molecule is O=S(=O)(Cl)c1ccc(OCCN2CCCC2)c(Cl)c1. The first-order valence-corrected chi connectivity index (χ1v) is 8.75. The molecule has 19 heavy (non-hydrogen) atoms. The molecule has 1 aliphatic heterocycles. The van der Waals surface area contributed by atoms with Crippen molar-refractivity contribution in [3.8, 4) is 5.75 Å². The molecule has 0 bridgehead atoms. The Hall–Kier alpha value is -0.490. The third kappa shape index (κ3) is 4.24. The van der Waals surface area contributed by atoms with Gasteiger partial charge in [-0.25, -0.2) is 8.42 Å². The van der Waals surface area contributed by atoms with Crippen molar-refractivity contribution in [3.05, 3.63) is 23.2 Å². The maximum atomic E-state index is 11.1. The highest BCUT2D eigenvalue weighted by atomic mass is 35.7. The maximum Gasteiger partial charge on any atom is 0.261 e. The van der Waals surface area contributed by atoms with Crippen LogP contribution in [-0.2, 0) is 9.05 Å². The summed E-state index contributed by atoms with van der Waals surface area (Å²) in [7, 11) is 1.49. The monoisotopic (exact) mass is 323 g/mol. The predicted octanol–water partition coefficient (Wildman–Crippen LogP) is 2.74. The quantitative estimate of drug-likeness (QED) is 0.782. The third-order valence-electron chi connectivity index (χ3n) is 3.05. The average molecular weight is 324 g/mol. The Morgan fingerprint density at radius 2 is 1.95 bits per heavy atom. The molecule has 106 valence electrons. The van der Waals surface area contributed by atoms with Gasteiger partial charge in [-0.1, -0.05) is 11.6 Å². The second-order valence-electron chi connectivity index (χ2n) is 4.43. The lowest BCUT2D eigenvalue weighted by Gasteiger charge is -2.15. The van der Waals surface area contributed by atoms with Crippen molar-refractivity contribution < 1.29 is 13.2 Å². The van der Waals surface area contributed by atoms with E-state index in [-0.39, 0.29) is 9.92 Å². The number of hydrogen-bond acceptors (Lipinski definition) is 4. The molecule has 0 atom stereocenters. The first-order chi connectivity index (χ1) is 8.97. The summed E-state index contributed by atoms with van der Waals surface area (Å²) < 4.78 is 27.8. The highest BCUT2D eigenvalue weighted by molar-refractivity contribution is 8.13. The van der Waals surface area contributed by atoms with Crippen molar-refractivity contribution in [3.63, 3.8) is 0 Å². The first kappa shape index (κ1) is 14.9. The number of nitrogens with zero attached hydrogens (tertiary/aromatic N) is 1. The molecule has 1 aromatic rings. The van der Waals surface area contributed by atoms with Crippen LogP contribution in [0.15, 0.2) is 23.1 Å². The van der Waals surface area contributed by atoms with Gasteiger partial charge in [-0.2, -0.15) is 0 Å². The van der Waals surface area contributed by atoms with E-state index in [1.54, 1.807) is 0 Å². The fourth-order valence-electron chi connectivity index (χ4n) is 2.04. The van der Waals surface area contributed by atoms with Crippen LogP contribution in [0, 0.1) is 0 Å². The Morgan fingerprint density at radius 3 is 2.53 bits per heavy atom. The van der Waals surface area contributed by atoms with Gasteiger partial charge in [-0.05, 0) is 44.1 Å². The highest BCUT2D eigenvalue weighted by Gasteiger charge is 2.14. The van der Waals surface area contributed by atoms with Gasteiger partial charge in [0, 0.05) is 17.2 Å². The van der Waals surface area contributed by atoms with Gasteiger partial charge in [0.2, 0.25) is 0 Å². The zero-order valence-electron chi connectivity index (χ0n) is 10.3. The molecular weight excluding hydrogens is 309 g/mol. The minimum Gasteiger partial charge on any atom is -0.491 e. The van der Waals surface area contributed by atoms with Crippen LogP contribution in [0.1, 0.15) is 12.8 Å². The van der Waals surface area contributed by atoms with Gasteiger partial charge < -0.3 is 4.74 Å². The fraction of sp³-hybridized carbons (Fsp3) is 0.500. The van der Waals surface area contributed by atoms with Crippen LogP contribution in [0.5, 0.6) is 5.75 Å². The van der Waals surface area contributed by atoms with Gasteiger partial charge in [0.1, 0.15) is 12.4 Å². The van der Waals surface area contributed by atoms with E-state index in [0.29, 0.717) is 12.4 Å². The molecule has 1 aromatic carbocycles. The van der Waals surface area contributed by atoms with Gasteiger partial charge in [0.05, 0.1) is 9.92 Å². The molecule has 0 aromatic heterocycles. The molecule has 1 saturated heterocycles. The number of halogens is 2. The highest BCUT2D eigenvalue weighted by Crippen LogP contribution is 2.28. The molecule has 0 N–H and O–H groups in total. The summed E-state index contributed by atoms with van der Waals surface area (Å²) in [5.41, 5.74) is 0. The zero-order chi connectivity index (χ0) is 13.9. The largest absolute Gasteiger partial charge is 0.491 e. The number of likely N-dealkylation sites (tertiary alicyclic amines) is 1. The van der Waals surface area contributed by atoms with Crippen LogP contribution < -0.4 is 4.74 Å². The Kier molecular flexibility index (Phi) is 4.95. The summed E-state index contributed by atoms with van der Waals surface area (Å²) in [5.74, 6) is 0.477. The molecule has 0 spiro atoms. The molecule has 2 rings (SSSR count). The molecule has 1 aliphatic rings. The van der Waals surface area contributed by atoms with E-state index < -0.39 is 9.05 Å². The molecule has 0 unspecified atom stereocenters. The van der Waals surface area contributed by atoms with Gasteiger partial charge in [-0.3, -0.25) is 4.90 Å². The summed E-state index contributed by atoms with van der Waals surface area (Å²) in [5, 5.41) is 0.253. The van der Waals surface area contributed by atoms with Crippen LogP contribution in [0.2, 0.25) is 5.02 Å². The van der Waals surface area contributed by atoms with Crippen molar-refractivity contribution in [1.29, 1.82) is 0 Å². The van der Waals surface area contributed by atoms with Crippen molar-refractivity contribution in [2.24, 2.45) is 0 Å². The molecule has 1 fully saturated rings. The summed E-state index contributed by atoms with van der Waals surface area (Å²) in [6.07, 6.45) is 2.48. The number of benzene rings is 1. The summed E-state index contributed by atoms with van der Waals surface area (Å²) in [4.78, 5) is 2.30. The smallest absolute Gasteiger partial charge is 0.261 e. The zero-order valence-corrected chi connectivity index (χ0v) is 12.6. The lowest BCUT2D eigenvalue weighted by molar-refractivity contribution is 0.238. The molecule has 0 saturated carbocycles. The average Bonchev–Trinajstić information content (AvgIpc) is 2.83. The number of ether oxygens (including phenoxy) is 1. The van der Waals surface area contributed by atoms with Gasteiger partial charge in [0.15, 0.2) is 0 Å². The third-order valence-corrected chi connectivity index (χ3v) is 4.70. The summed E-state index contributed by atoms with van der Waals surface area (Å²) in [6.45, 7) is 3.61. The van der Waals surface area contributed by atoms with Crippen LogP contribution >= 0.6 is 22.3 Å². The van der Waals surface area contributed by atoms with E-state index in [2.05, 4.69) is 4.90 Å². The molecule has 0 aliphatic carbocycles. The van der Waals surface area contributed by atoms with E-state index in [9.17, 15) is 8.42 Å². The Labute approximate surface area is 122 Å². The molecular formula is C12H15Cl2NO3S. The normalized spacial score (nSPS) is 16.7. The lowest BCUT2D eigenvalue weighted by Crippen LogP contribution is -2.25. The first-order valence-electron chi connectivity index (χ1n) is 6.06. The minimum absolute atomic E-state index is 0.0222. The van der Waals surface area contributed by atoms with Crippen LogP contribution in [0.25, 0.3) is 0 Å². The Bertz CT molecular complexity index is 542. The number of hydrogen-bond donors (Lipinski definition) is 0. The van der Waals surface area contributed by atoms with Crippen molar-refractivity contribution in [2.75, 3.05) is 26.2 Å². The fourth-order valence-corrected chi connectivity index (χ4v) is 3.12. The van der Waals surface area contributed by atoms with Gasteiger partial charge in [-0.15, -0.1) is 0 Å². The van der Waals surface area contributed by atoms with E-state index in [4.69, 9.17) is 27.0 Å². The molecule has 1 heterocycles. The second kappa shape index (κ2) is 6.31. The van der Waals surface area contributed by atoms with Crippen molar-refractivity contribution in [1.82, 2.24) is 4.90 Å². The summed E-state index contributed by atoms with van der Waals surface area (Å²) in [6, 6.07) is 4.22. The maximum absolute atomic E-state index is 11.1. The van der Waals surface area contributed by atoms with Crippen LogP contribution in [0.3, 0.4) is 0 Å². The van der Waals surface area contributed by atoms with E-state index in [0.717, 1.165) is 19.6 Å². The summed E-state index contributed by atoms with van der Waals surface area (Å²) >= 11 is 5.97. The standard InChI is InChI=1S/C12H15Cl2NO3S/c13-11-9-10(19(14,16)17)3-4-12(11)18-8-7-15-5-1-2-6-15/h3-4,9H,1-2,5-8H2. The van der Waals surface area contributed by atoms with Crippen molar-refractivity contribution in [2.45, 2.75) is 17.7 Å². The topological polar surface area (TPSA) is 46.6 Å². The number of rotatable bonds is 5. The molecule has 0 radical (unpaired) electrons. The molecule has 0 amide bonds. The Balaban J connectivity index is 1.93.